The number of benzene rings is 1. The van der Waals surface area contributed by atoms with Crippen molar-refractivity contribution in [1.82, 2.24) is 25.2 Å². The molecule has 45 heavy (non-hydrogen) atoms. The molecular formula is C32H37F3N6O4. The first kappa shape index (κ1) is 29.9. The minimum atomic E-state index is -4.97. The van der Waals surface area contributed by atoms with Crippen molar-refractivity contribution in [3.63, 3.8) is 0 Å². The fraction of sp³-hybridized carbons (Fsp3) is 0.625. The van der Waals surface area contributed by atoms with E-state index >= 15 is 0 Å². The monoisotopic (exact) mass is 626 g/mol. The second-order valence-electron chi connectivity index (χ2n) is 14.6. The molecule has 0 N–H and O–H groups in total. The van der Waals surface area contributed by atoms with Gasteiger partial charge in [0.25, 0.3) is 5.89 Å². The average molecular weight is 627 g/mol. The van der Waals surface area contributed by atoms with E-state index in [0.717, 1.165) is 51.4 Å². The van der Waals surface area contributed by atoms with Crippen molar-refractivity contribution in [2.75, 3.05) is 24.5 Å². The van der Waals surface area contributed by atoms with E-state index in [1.807, 2.05) is 24.3 Å². The highest BCUT2D eigenvalue weighted by atomic mass is 19.4. The summed E-state index contributed by atoms with van der Waals surface area (Å²) in [5, 5.41) is 8.38. The Bertz CT molecular complexity index is 1590. The predicted molar refractivity (Wildman–Crippen MR) is 155 cm³/mol. The van der Waals surface area contributed by atoms with Crippen molar-refractivity contribution in [1.29, 1.82) is 0 Å². The summed E-state index contributed by atoms with van der Waals surface area (Å²) in [4.78, 5) is 37.6. The van der Waals surface area contributed by atoms with Gasteiger partial charge in [-0.05, 0) is 75.0 Å². The molecule has 2 bridgehead atoms. The zero-order chi connectivity index (χ0) is 31.8. The summed E-state index contributed by atoms with van der Waals surface area (Å²) in [5.41, 5.74) is 0.713. The summed E-state index contributed by atoms with van der Waals surface area (Å²) >= 11 is 0. The molecule has 3 aromatic rings. The smallest absolute Gasteiger partial charge is 0.339 e. The third-order valence-corrected chi connectivity index (χ3v) is 10.3. The number of fused-ring (bicyclic) bond motifs is 3. The first-order valence-corrected chi connectivity index (χ1v) is 15.7. The molecule has 5 aliphatic rings. The number of hydrogen-bond donors (Lipinski definition) is 0. The number of likely N-dealkylation sites (tertiary alicyclic amines) is 1. The number of carbonyl (C=O) groups excluding carboxylic acids is 2. The average Bonchev–Trinajstić information content (AvgIpc) is 3.47. The lowest BCUT2D eigenvalue weighted by atomic mass is 9.53. The van der Waals surface area contributed by atoms with E-state index in [-0.39, 0.29) is 35.2 Å². The molecule has 0 atom stereocenters. The number of nitrogens with zero attached hydrogens (tertiary/aromatic N) is 6. The number of alkyl halides is 3. The molecule has 1 aliphatic heterocycles. The van der Waals surface area contributed by atoms with Crippen LogP contribution >= 0.6 is 0 Å². The molecule has 0 unspecified atom stereocenters. The maximum Gasteiger partial charge on any atom is 0.471 e. The number of rotatable bonds is 7. The highest BCUT2D eigenvalue weighted by Crippen LogP contribution is 2.58. The molecule has 1 aromatic carbocycles. The predicted octanol–water partition coefficient (Wildman–Crippen LogP) is 5.94. The minimum absolute atomic E-state index is 0.171. The Balaban J connectivity index is 1.13. The maximum atomic E-state index is 14.0. The summed E-state index contributed by atoms with van der Waals surface area (Å²) in [7, 11) is 0. The van der Waals surface area contributed by atoms with E-state index < -0.39 is 18.0 Å². The van der Waals surface area contributed by atoms with Gasteiger partial charge in [-0.25, -0.2) is 0 Å². The van der Waals surface area contributed by atoms with Crippen LogP contribution in [0.15, 0.2) is 33.3 Å². The zero-order valence-electron chi connectivity index (χ0n) is 25.7. The van der Waals surface area contributed by atoms with E-state index in [4.69, 9.17) is 14.0 Å². The van der Waals surface area contributed by atoms with Gasteiger partial charge in [0.1, 0.15) is 0 Å². The number of carbonyl (C=O) groups is 2. The SMILES string of the molecule is CC(C)(C)c1noc(C23CCC(CN(C(=O)C4CN(C(=O)C(F)(F)F)C4)c4cccc(-c5nc(C6CC6)no5)c4)(CC2)CC3)n1. The van der Waals surface area contributed by atoms with Crippen LogP contribution < -0.4 is 4.90 Å². The van der Waals surface area contributed by atoms with Gasteiger partial charge in [-0.3, -0.25) is 9.59 Å². The van der Waals surface area contributed by atoms with Gasteiger partial charge in [-0.2, -0.15) is 23.1 Å². The molecule has 3 heterocycles. The molecule has 2 aromatic heterocycles. The molecule has 1 saturated heterocycles. The van der Waals surface area contributed by atoms with Gasteiger partial charge in [-0.1, -0.05) is 37.2 Å². The summed E-state index contributed by atoms with van der Waals surface area (Å²) in [6.45, 7) is 6.06. The van der Waals surface area contributed by atoms with Crippen molar-refractivity contribution in [3.8, 4) is 11.5 Å². The third-order valence-electron chi connectivity index (χ3n) is 10.3. The maximum absolute atomic E-state index is 14.0. The van der Waals surface area contributed by atoms with Gasteiger partial charge < -0.3 is 18.8 Å². The first-order chi connectivity index (χ1) is 21.3. The molecule has 13 heteroatoms. The molecule has 5 fully saturated rings. The van der Waals surface area contributed by atoms with Crippen molar-refractivity contribution in [2.24, 2.45) is 11.3 Å². The van der Waals surface area contributed by atoms with Crippen LogP contribution in [0.1, 0.15) is 95.6 Å². The molecule has 8 rings (SSSR count). The number of amides is 2. The Kier molecular flexibility index (Phi) is 6.90. The van der Waals surface area contributed by atoms with E-state index in [1.54, 1.807) is 4.90 Å². The Morgan fingerprint density at radius 1 is 0.978 bits per heavy atom. The van der Waals surface area contributed by atoms with Gasteiger partial charge in [0.2, 0.25) is 11.8 Å². The number of hydrogen-bond acceptors (Lipinski definition) is 8. The van der Waals surface area contributed by atoms with Crippen LogP contribution in [0.3, 0.4) is 0 Å². The van der Waals surface area contributed by atoms with Crippen molar-refractivity contribution < 1.29 is 31.8 Å². The second kappa shape index (κ2) is 10.4. The lowest BCUT2D eigenvalue weighted by molar-refractivity contribution is -0.191. The standard InChI is InChI=1S/C32H37F3N6O4/c1-29(2,3)26-37-27(45-39-26)31-12-9-30(10-13-31,11-14-31)18-41(25(42)21-16-40(17-21)28(43)32(33,34)35)22-6-4-5-20(15-22)24-36-23(38-44-24)19-7-8-19/h4-6,15,19,21H,7-14,16-18H2,1-3H3. The van der Waals surface area contributed by atoms with Crippen LogP contribution in [0.2, 0.25) is 0 Å². The van der Waals surface area contributed by atoms with E-state index in [2.05, 4.69) is 36.1 Å². The fourth-order valence-corrected chi connectivity index (χ4v) is 7.06. The molecule has 4 aliphatic carbocycles. The van der Waals surface area contributed by atoms with Crippen molar-refractivity contribution >= 4 is 17.5 Å². The van der Waals surface area contributed by atoms with Crippen molar-refractivity contribution in [3.05, 3.63) is 41.8 Å². The quantitative estimate of drug-likeness (QED) is 0.316. The van der Waals surface area contributed by atoms with Gasteiger partial charge in [0, 0.05) is 47.6 Å². The summed E-state index contributed by atoms with van der Waals surface area (Å²) in [5.74, 6) is -0.175. The van der Waals surface area contributed by atoms with Gasteiger partial charge in [0.15, 0.2) is 11.6 Å². The van der Waals surface area contributed by atoms with E-state index in [9.17, 15) is 22.8 Å². The van der Waals surface area contributed by atoms with Gasteiger partial charge >= 0.3 is 12.1 Å². The number of anilines is 1. The lowest BCUT2D eigenvalue weighted by Crippen LogP contribution is -2.60. The molecule has 240 valence electrons. The van der Waals surface area contributed by atoms with Crippen LogP contribution in [0.5, 0.6) is 0 Å². The lowest BCUT2D eigenvalue weighted by Gasteiger charge is -2.53. The Hall–Kier alpha value is -3.77. The zero-order valence-corrected chi connectivity index (χ0v) is 25.7. The van der Waals surface area contributed by atoms with Crippen LogP contribution in [0.25, 0.3) is 11.5 Å². The van der Waals surface area contributed by atoms with E-state index in [0.29, 0.717) is 52.0 Å². The highest BCUT2D eigenvalue weighted by molar-refractivity contribution is 5.97. The van der Waals surface area contributed by atoms with Crippen molar-refractivity contribution in [2.45, 2.75) is 95.1 Å². The third kappa shape index (κ3) is 5.52. The van der Waals surface area contributed by atoms with Gasteiger partial charge in [0.05, 0.1) is 5.92 Å². The Morgan fingerprint density at radius 3 is 2.27 bits per heavy atom. The Morgan fingerprint density at radius 2 is 1.67 bits per heavy atom. The molecule has 0 spiro atoms. The van der Waals surface area contributed by atoms with Crippen LogP contribution in [0.4, 0.5) is 18.9 Å². The minimum Gasteiger partial charge on any atom is -0.339 e. The fourth-order valence-electron chi connectivity index (χ4n) is 7.06. The highest BCUT2D eigenvalue weighted by Gasteiger charge is 2.54. The number of halogens is 3. The first-order valence-electron chi connectivity index (χ1n) is 15.7. The topological polar surface area (TPSA) is 118 Å². The van der Waals surface area contributed by atoms with Crippen LogP contribution in [-0.2, 0) is 20.4 Å². The summed E-state index contributed by atoms with van der Waals surface area (Å²) in [6.07, 6.45) is 2.20. The normalized spacial score (nSPS) is 25.3. The van der Waals surface area contributed by atoms with Gasteiger partial charge in [-0.15, -0.1) is 0 Å². The Labute approximate surface area is 258 Å². The largest absolute Gasteiger partial charge is 0.471 e. The molecule has 4 saturated carbocycles. The van der Waals surface area contributed by atoms with Crippen LogP contribution in [-0.4, -0.2) is 62.8 Å². The molecular weight excluding hydrogens is 589 g/mol. The molecule has 0 radical (unpaired) electrons. The summed E-state index contributed by atoms with van der Waals surface area (Å²) < 4.78 is 50.4. The van der Waals surface area contributed by atoms with Crippen LogP contribution in [0, 0.1) is 11.3 Å². The molecule has 10 nitrogen and oxygen atoms in total. The number of aromatic nitrogens is 4. The second-order valence-corrected chi connectivity index (χ2v) is 14.6. The molecule has 2 amide bonds. The van der Waals surface area contributed by atoms with E-state index in [1.165, 1.54) is 0 Å². The summed E-state index contributed by atoms with van der Waals surface area (Å²) in [6, 6.07) is 7.32.